The normalized spacial score (nSPS) is 12.4. The summed E-state index contributed by atoms with van der Waals surface area (Å²) in [7, 11) is -4.01. The molecule has 4 nitrogen and oxygen atoms in total. The van der Waals surface area contributed by atoms with Crippen molar-refractivity contribution < 1.29 is 17.6 Å². The lowest BCUT2D eigenvalue weighted by Crippen LogP contribution is -2.35. The zero-order valence-electron chi connectivity index (χ0n) is 14.7. The molecule has 0 heterocycles. The third-order valence-electron chi connectivity index (χ3n) is 4.23. The number of hydrogen-bond acceptors (Lipinski definition) is 3. The van der Waals surface area contributed by atoms with E-state index in [0.717, 1.165) is 10.0 Å². The molecule has 3 aromatic carbocycles. The van der Waals surface area contributed by atoms with Crippen molar-refractivity contribution in [2.24, 2.45) is 0 Å². The summed E-state index contributed by atoms with van der Waals surface area (Å²) in [6.07, 6.45) is 0.242. The van der Waals surface area contributed by atoms with E-state index in [2.05, 4.69) is 20.7 Å². The highest BCUT2D eigenvalue weighted by molar-refractivity contribution is 9.10. The molecule has 0 radical (unpaired) electrons. The highest BCUT2D eigenvalue weighted by Gasteiger charge is 2.26. The van der Waals surface area contributed by atoms with Crippen LogP contribution in [0.3, 0.4) is 0 Å². The third-order valence-corrected chi connectivity index (χ3v) is 6.12. The molecule has 0 fully saturated rings. The number of carbonyl (C=O) groups excluding carboxylic acids is 1. The number of nitrogens with one attached hydrogen (secondary N) is 1. The van der Waals surface area contributed by atoms with Crippen LogP contribution in [0, 0.1) is 5.82 Å². The van der Waals surface area contributed by atoms with Crippen molar-refractivity contribution in [3.8, 4) is 0 Å². The van der Waals surface area contributed by atoms with E-state index >= 15 is 0 Å². The van der Waals surface area contributed by atoms with Gasteiger partial charge in [0.2, 0.25) is 5.91 Å². The van der Waals surface area contributed by atoms with Gasteiger partial charge in [-0.25, -0.2) is 17.5 Å². The number of amides is 1. The first-order valence-corrected chi connectivity index (χ1v) is 10.7. The van der Waals surface area contributed by atoms with E-state index in [-0.39, 0.29) is 17.1 Å². The van der Waals surface area contributed by atoms with E-state index in [1.807, 2.05) is 6.07 Å². The molecule has 7 heteroatoms. The van der Waals surface area contributed by atoms with Crippen molar-refractivity contribution in [2.75, 3.05) is 0 Å². The fourth-order valence-corrected chi connectivity index (χ4v) is 4.06. The Morgan fingerprint density at radius 3 is 2.14 bits per heavy atom. The van der Waals surface area contributed by atoms with Crippen LogP contribution in [0.4, 0.5) is 4.39 Å². The highest BCUT2D eigenvalue weighted by Crippen LogP contribution is 2.23. The van der Waals surface area contributed by atoms with Gasteiger partial charge in [-0.05, 0) is 53.9 Å². The van der Waals surface area contributed by atoms with E-state index in [0.29, 0.717) is 5.56 Å². The zero-order valence-corrected chi connectivity index (χ0v) is 17.1. The first-order valence-electron chi connectivity index (χ1n) is 8.47. The molecule has 3 aromatic rings. The van der Waals surface area contributed by atoms with E-state index in [1.165, 1.54) is 24.3 Å². The van der Waals surface area contributed by atoms with Crippen LogP contribution < -0.4 is 4.72 Å². The Morgan fingerprint density at radius 1 is 0.929 bits per heavy atom. The molecule has 0 saturated heterocycles. The molecule has 0 aliphatic rings. The van der Waals surface area contributed by atoms with Gasteiger partial charge in [0.05, 0.1) is 10.8 Å². The van der Waals surface area contributed by atoms with Gasteiger partial charge < -0.3 is 0 Å². The molecule has 1 amide bonds. The van der Waals surface area contributed by atoms with E-state index in [9.17, 15) is 17.6 Å². The molecule has 0 aromatic heterocycles. The van der Waals surface area contributed by atoms with Crippen molar-refractivity contribution in [1.82, 2.24) is 4.72 Å². The van der Waals surface area contributed by atoms with Crippen molar-refractivity contribution in [2.45, 2.75) is 17.2 Å². The summed E-state index contributed by atoms with van der Waals surface area (Å²) in [6.45, 7) is 0. The Morgan fingerprint density at radius 2 is 1.54 bits per heavy atom. The predicted octanol–water partition coefficient (Wildman–Crippen LogP) is 4.42. The number of sulfonamides is 1. The summed E-state index contributed by atoms with van der Waals surface area (Å²) >= 11 is 3.25. The monoisotopic (exact) mass is 461 g/mol. The maximum Gasteiger partial charge on any atom is 0.264 e. The van der Waals surface area contributed by atoms with Crippen LogP contribution in [0.2, 0.25) is 0 Å². The lowest BCUT2D eigenvalue weighted by molar-refractivity contribution is -0.120. The lowest BCUT2D eigenvalue weighted by Gasteiger charge is -2.18. The number of hydrogen-bond donors (Lipinski definition) is 1. The maximum absolute atomic E-state index is 13.2. The average Bonchev–Trinajstić information content (AvgIpc) is 2.68. The fourth-order valence-electron chi connectivity index (χ4n) is 2.78. The SMILES string of the molecule is O=C(NS(=O)(=O)c1ccc(Br)cc1)[C@H](Cc1ccc(F)cc1)c1ccccc1. The van der Waals surface area contributed by atoms with Gasteiger partial charge in [-0.1, -0.05) is 58.4 Å². The van der Waals surface area contributed by atoms with Crippen molar-refractivity contribution >= 4 is 31.9 Å². The van der Waals surface area contributed by atoms with Gasteiger partial charge in [-0.2, -0.15) is 0 Å². The molecule has 0 aliphatic heterocycles. The minimum absolute atomic E-state index is 0.00218. The van der Waals surface area contributed by atoms with Crippen LogP contribution in [0.15, 0.2) is 88.2 Å². The van der Waals surface area contributed by atoms with Gasteiger partial charge in [-0.15, -0.1) is 0 Å². The van der Waals surface area contributed by atoms with Gasteiger partial charge in [0, 0.05) is 4.47 Å². The number of carbonyl (C=O) groups is 1. The summed E-state index contributed by atoms with van der Waals surface area (Å²) < 4.78 is 41.3. The molecule has 0 saturated carbocycles. The van der Waals surface area contributed by atoms with Gasteiger partial charge in [0.25, 0.3) is 10.0 Å². The van der Waals surface area contributed by atoms with Crippen LogP contribution in [0.5, 0.6) is 0 Å². The second kappa shape index (κ2) is 8.67. The van der Waals surface area contributed by atoms with Gasteiger partial charge in [-0.3, -0.25) is 4.79 Å². The summed E-state index contributed by atoms with van der Waals surface area (Å²) in [4.78, 5) is 12.9. The molecule has 0 unspecified atom stereocenters. The van der Waals surface area contributed by atoms with Crippen LogP contribution in [-0.2, 0) is 21.2 Å². The number of rotatable bonds is 6. The second-order valence-electron chi connectivity index (χ2n) is 6.22. The zero-order chi connectivity index (χ0) is 20.1. The maximum atomic E-state index is 13.2. The predicted molar refractivity (Wildman–Crippen MR) is 109 cm³/mol. The van der Waals surface area contributed by atoms with Crippen molar-refractivity contribution in [3.63, 3.8) is 0 Å². The van der Waals surface area contributed by atoms with E-state index in [4.69, 9.17) is 0 Å². The van der Waals surface area contributed by atoms with Crippen molar-refractivity contribution in [1.29, 1.82) is 0 Å². The third kappa shape index (κ3) is 5.05. The standard InChI is InChI=1S/C21H17BrFNO3S/c22-17-8-12-19(13-9-17)28(26,27)24-21(25)20(16-4-2-1-3-5-16)14-15-6-10-18(23)11-7-15/h1-13,20H,14H2,(H,24,25)/t20-/m1/s1. The molecule has 28 heavy (non-hydrogen) atoms. The second-order valence-corrected chi connectivity index (χ2v) is 8.82. The minimum Gasteiger partial charge on any atom is -0.273 e. The summed E-state index contributed by atoms with van der Waals surface area (Å²) in [6, 6.07) is 20.7. The minimum atomic E-state index is -4.01. The molecule has 1 N–H and O–H groups in total. The smallest absolute Gasteiger partial charge is 0.264 e. The Labute approximate surface area is 171 Å². The van der Waals surface area contributed by atoms with Crippen molar-refractivity contribution in [3.05, 3.63) is 100 Å². The lowest BCUT2D eigenvalue weighted by atomic mass is 9.91. The molecule has 0 aliphatic carbocycles. The summed E-state index contributed by atoms with van der Waals surface area (Å²) in [5.74, 6) is -1.75. The van der Waals surface area contributed by atoms with Crippen LogP contribution >= 0.6 is 15.9 Å². The molecular formula is C21H17BrFNO3S. The van der Waals surface area contributed by atoms with Gasteiger partial charge in [0.15, 0.2) is 0 Å². The molecule has 144 valence electrons. The fraction of sp³-hybridized carbons (Fsp3) is 0.0952. The largest absolute Gasteiger partial charge is 0.273 e. The first-order chi connectivity index (χ1) is 13.3. The Hall–Kier alpha value is -2.51. The first kappa shape index (κ1) is 20.2. The van der Waals surface area contributed by atoms with Crippen LogP contribution in [-0.4, -0.2) is 14.3 Å². The number of halogens is 2. The quantitative estimate of drug-likeness (QED) is 0.590. The van der Waals surface area contributed by atoms with E-state index in [1.54, 1.807) is 48.5 Å². The summed E-state index contributed by atoms with van der Waals surface area (Å²) in [5.41, 5.74) is 1.40. The Balaban J connectivity index is 1.88. The van der Waals surface area contributed by atoms with Gasteiger partial charge >= 0.3 is 0 Å². The van der Waals surface area contributed by atoms with Crippen LogP contribution in [0.25, 0.3) is 0 Å². The topological polar surface area (TPSA) is 63.2 Å². The molecular weight excluding hydrogens is 445 g/mol. The average molecular weight is 462 g/mol. The van der Waals surface area contributed by atoms with Crippen LogP contribution in [0.1, 0.15) is 17.0 Å². The molecule has 3 rings (SSSR count). The van der Waals surface area contributed by atoms with E-state index < -0.39 is 21.8 Å². The molecule has 0 bridgehead atoms. The summed E-state index contributed by atoms with van der Waals surface area (Å²) in [5, 5.41) is 0. The van der Waals surface area contributed by atoms with Gasteiger partial charge in [0.1, 0.15) is 5.82 Å². The molecule has 0 spiro atoms. The molecule has 1 atom stereocenters. The Kier molecular flexibility index (Phi) is 6.26. The Bertz CT molecular complexity index is 1050. The highest BCUT2D eigenvalue weighted by atomic mass is 79.9. The number of benzene rings is 3.